The van der Waals surface area contributed by atoms with E-state index in [1.807, 2.05) is 21.8 Å². The maximum absolute atomic E-state index is 13.3. The molecule has 1 aliphatic heterocycles. The molecule has 2 heterocycles. The summed E-state index contributed by atoms with van der Waals surface area (Å²) >= 11 is 0. The molecule has 1 saturated carbocycles. The van der Waals surface area contributed by atoms with Crippen LogP contribution in [0, 0.1) is 5.82 Å². The molecule has 158 valence electrons. The van der Waals surface area contributed by atoms with Gasteiger partial charge in [-0.3, -0.25) is 9.48 Å². The minimum atomic E-state index is -0.227. The van der Waals surface area contributed by atoms with Gasteiger partial charge in [-0.25, -0.2) is 4.39 Å². The maximum atomic E-state index is 13.3. The zero-order valence-electron chi connectivity index (χ0n) is 16.7. The molecule has 1 unspecified atom stereocenters. The minimum absolute atomic E-state index is 0. The van der Waals surface area contributed by atoms with Gasteiger partial charge >= 0.3 is 0 Å². The summed E-state index contributed by atoms with van der Waals surface area (Å²) in [6, 6.07) is 9.04. The van der Waals surface area contributed by atoms with Crippen LogP contribution in [0.25, 0.3) is 0 Å². The van der Waals surface area contributed by atoms with Crippen LogP contribution >= 0.6 is 12.4 Å². The second-order valence-electron chi connectivity index (χ2n) is 7.99. The Morgan fingerprint density at radius 3 is 2.59 bits per heavy atom. The zero-order valence-corrected chi connectivity index (χ0v) is 17.5. The molecule has 1 N–H and O–H groups in total. The van der Waals surface area contributed by atoms with E-state index in [4.69, 9.17) is 0 Å². The summed E-state index contributed by atoms with van der Waals surface area (Å²) < 4.78 is 15.1. The average molecular weight is 421 g/mol. The molecule has 7 heteroatoms. The van der Waals surface area contributed by atoms with Crippen molar-refractivity contribution in [2.24, 2.45) is 0 Å². The summed E-state index contributed by atoms with van der Waals surface area (Å²) in [6.07, 6.45) is 9.37. The number of hydrogen-bond acceptors (Lipinski definition) is 3. The van der Waals surface area contributed by atoms with Crippen molar-refractivity contribution in [3.05, 3.63) is 53.6 Å². The molecule has 1 saturated heterocycles. The highest BCUT2D eigenvalue weighted by Crippen LogP contribution is 2.25. The van der Waals surface area contributed by atoms with Crippen LogP contribution in [0.5, 0.6) is 0 Å². The normalized spacial score (nSPS) is 19.7. The number of benzene rings is 1. The molecular weight excluding hydrogens is 391 g/mol. The number of carbonyl (C=O) groups is 1. The van der Waals surface area contributed by atoms with Crippen LogP contribution in [-0.2, 0) is 6.42 Å². The summed E-state index contributed by atoms with van der Waals surface area (Å²) in [6.45, 7) is 2.61. The number of carbonyl (C=O) groups excluding carboxylic acids is 1. The monoisotopic (exact) mass is 420 g/mol. The number of nitrogens with one attached hydrogen (secondary N) is 1. The average Bonchev–Trinajstić information content (AvgIpc) is 3.42. The molecule has 1 atom stereocenters. The molecule has 5 nitrogen and oxygen atoms in total. The topological polar surface area (TPSA) is 50.2 Å². The van der Waals surface area contributed by atoms with Gasteiger partial charge in [-0.15, -0.1) is 12.4 Å². The fourth-order valence-corrected chi connectivity index (χ4v) is 4.43. The van der Waals surface area contributed by atoms with E-state index in [0.29, 0.717) is 18.3 Å². The van der Waals surface area contributed by atoms with Crippen molar-refractivity contribution in [3.8, 4) is 0 Å². The van der Waals surface area contributed by atoms with Gasteiger partial charge in [0, 0.05) is 25.3 Å². The summed E-state index contributed by atoms with van der Waals surface area (Å²) in [7, 11) is 0. The third-order valence-corrected chi connectivity index (χ3v) is 6.05. The molecule has 4 rings (SSSR count). The Hall–Kier alpha value is -1.92. The SMILES string of the molecule is Cl.O=C(c1ccn(C2CCCNC2)n1)N(CCc1ccc(F)cc1)C1CCCC1. The quantitative estimate of drug-likeness (QED) is 0.768. The first-order chi connectivity index (χ1) is 13.7. The largest absolute Gasteiger partial charge is 0.334 e. The van der Waals surface area contributed by atoms with E-state index in [1.165, 1.54) is 25.0 Å². The smallest absolute Gasteiger partial charge is 0.274 e. The third-order valence-electron chi connectivity index (χ3n) is 6.05. The Morgan fingerprint density at radius 1 is 1.14 bits per heavy atom. The molecule has 1 amide bonds. The van der Waals surface area contributed by atoms with Crippen molar-refractivity contribution in [2.45, 2.75) is 57.0 Å². The number of halogens is 2. The van der Waals surface area contributed by atoms with Crippen LogP contribution in [0.15, 0.2) is 36.5 Å². The Labute approximate surface area is 178 Å². The second-order valence-corrected chi connectivity index (χ2v) is 7.99. The number of piperidine rings is 1. The van der Waals surface area contributed by atoms with E-state index in [2.05, 4.69) is 10.4 Å². The summed E-state index contributed by atoms with van der Waals surface area (Å²) in [5.41, 5.74) is 1.59. The Balaban J connectivity index is 0.00000240. The highest BCUT2D eigenvalue weighted by molar-refractivity contribution is 5.92. The number of rotatable bonds is 6. The van der Waals surface area contributed by atoms with Gasteiger partial charge in [0.15, 0.2) is 0 Å². The van der Waals surface area contributed by atoms with Crippen molar-refractivity contribution in [1.82, 2.24) is 20.0 Å². The highest BCUT2D eigenvalue weighted by atomic mass is 35.5. The molecular formula is C22H30ClFN4O. The summed E-state index contributed by atoms with van der Waals surface area (Å²) in [5, 5.41) is 8.03. The van der Waals surface area contributed by atoms with Gasteiger partial charge in [0.25, 0.3) is 5.91 Å². The predicted octanol–water partition coefficient (Wildman–Crippen LogP) is 4.00. The first kappa shape index (κ1) is 21.8. The van der Waals surface area contributed by atoms with Crippen molar-refractivity contribution in [1.29, 1.82) is 0 Å². The molecule has 1 aromatic heterocycles. The molecule has 2 aliphatic rings. The van der Waals surface area contributed by atoms with E-state index in [1.54, 1.807) is 12.1 Å². The van der Waals surface area contributed by atoms with Crippen LogP contribution in [0.3, 0.4) is 0 Å². The number of nitrogens with zero attached hydrogens (tertiary/aromatic N) is 3. The van der Waals surface area contributed by atoms with Gasteiger partial charge in [0.05, 0.1) is 6.04 Å². The van der Waals surface area contributed by atoms with Crippen LogP contribution in [0.2, 0.25) is 0 Å². The molecule has 1 aliphatic carbocycles. The molecule has 0 spiro atoms. The number of aromatic nitrogens is 2. The van der Waals surface area contributed by atoms with Gasteiger partial charge in [-0.1, -0.05) is 25.0 Å². The highest BCUT2D eigenvalue weighted by Gasteiger charge is 2.29. The molecule has 1 aromatic carbocycles. The van der Waals surface area contributed by atoms with Crippen LogP contribution in [-0.4, -0.2) is 46.3 Å². The molecule has 2 aromatic rings. The second kappa shape index (κ2) is 10.2. The van der Waals surface area contributed by atoms with E-state index >= 15 is 0 Å². The van der Waals surface area contributed by atoms with Crippen molar-refractivity contribution in [3.63, 3.8) is 0 Å². The lowest BCUT2D eigenvalue weighted by Crippen LogP contribution is -2.40. The standard InChI is InChI=1S/C22H29FN4O.ClH/c23-18-9-7-17(8-10-18)11-14-26(19-4-1-2-5-19)22(28)21-12-15-27(25-21)20-6-3-13-24-16-20;/h7-10,12,15,19-20,24H,1-6,11,13-14,16H2;1H. The van der Waals surface area contributed by atoms with Gasteiger partial charge in [0.2, 0.25) is 0 Å². The fraction of sp³-hybridized carbons (Fsp3) is 0.545. The van der Waals surface area contributed by atoms with Crippen molar-refractivity contribution >= 4 is 18.3 Å². The fourth-order valence-electron chi connectivity index (χ4n) is 4.43. The van der Waals surface area contributed by atoms with Crippen LogP contribution in [0.1, 0.15) is 60.6 Å². The third kappa shape index (κ3) is 5.37. The first-order valence-corrected chi connectivity index (χ1v) is 10.5. The lowest BCUT2D eigenvalue weighted by atomic mass is 10.1. The summed E-state index contributed by atoms with van der Waals surface area (Å²) in [5.74, 6) is -0.202. The van der Waals surface area contributed by atoms with Gasteiger partial charge in [-0.05, 0) is 62.4 Å². The van der Waals surface area contributed by atoms with Crippen molar-refractivity contribution in [2.75, 3.05) is 19.6 Å². The Morgan fingerprint density at radius 2 is 1.90 bits per heavy atom. The van der Waals surface area contributed by atoms with E-state index in [-0.39, 0.29) is 30.2 Å². The molecule has 0 radical (unpaired) electrons. The van der Waals surface area contributed by atoms with Crippen molar-refractivity contribution < 1.29 is 9.18 Å². The Kier molecular flexibility index (Phi) is 7.67. The number of amides is 1. The van der Waals surface area contributed by atoms with Crippen LogP contribution < -0.4 is 5.32 Å². The lowest BCUT2D eigenvalue weighted by Gasteiger charge is -2.28. The van der Waals surface area contributed by atoms with E-state index < -0.39 is 0 Å². The minimum Gasteiger partial charge on any atom is -0.334 e. The predicted molar refractivity (Wildman–Crippen MR) is 114 cm³/mol. The zero-order chi connectivity index (χ0) is 19.3. The molecule has 0 bridgehead atoms. The van der Waals surface area contributed by atoms with Gasteiger partial charge in [0.1, 0.15) is 11.5 Å². The number of hydrogen-bond donors (Lipinski definition) is 1. The maximum Gasteiger partial charge on any atom is 0.274 e. The Bertz CT molecular complexity index is 782. The van der Waals surface area contributed by atoms with Gasteiger partial charge < -0.3 is 10.2 Å². The van der Waals surface area contributed by atoms with E-state index in [9.17, 15) is 9.18 Å². The first-order valence-electron chi connectivity index (χ1n) is 10.5. The lowest BCUT2D eigenvalue weighted by molar-refractivity contribution is 0.0676. The molecule has 29 heavy (non-hydrogen) atoms. The van der Waals surface area contributed by atoms with E-state index in [0.717, 1.165) is 50.8 Å². The van der Waals surface area contributed by atoms with Crippen LogP contribution in [0.4, 0.5) is 4.39 Å². The summed E-state index contributed by atoms with van der Waals surface area (Å²) in [4.78, 5) is 15.3. The molecule has 2 fully saturated rings. The van der Waals surface area contributed by atoms with Gasteiger partial charge in [-0.2, -0.15) is 5.10 Å².